The number of hydrogen-bond acceptors (Lipinski definition) is 2. The molecule has 0 amide bonds. The second-order valence-electron chi connectivity index (χ2n) is 5.53. The van der Waals surface area contributed by atoms with Gasteiger partial charge in [-0.25, -0.2) is 0 Å². The molecule has 0 radical (unpaired) electrons. The fourth-order valence-corrected chi connectivity index (χ4v) is 2.57. The first-order valence-corrected chi connectivity index (χ1v) is 6.46. The first kappa shape index (κ1) is 13.0. The van der Waals surface area contributed by atoms with Gasteiger partial charge in [-0.15, -0.1) is 0 Å². The minimum atomic E-state index is -0.0589. The smallest absolute Gasteiger partial charge is 0.0794 e. The van der Waals surface area contributed by atoms with Gasteiger partial charge in [-0.3, -0.25) is 4.90 Å². The van der Waals surface area contributed by atoms with Crippen molar-refractivity contribution >= 4 is 0 Å². The number of aliphatic hydroxyl groups is 1. The largest absolute Gasteiger partial charge is 0.390 e. The van der Waals surface area contributed by atoms with E-state index in [0.29, 0.717) is 6.04 Å². The van der Waals surface area contributed by atoms with Gasteiger partial charge in [0.1, 0.15) is 0 Å². The summed E-state index contributed by atoms with van der Waals surface area (Å²) in [5, 5.41) is 9.32. The van der Waals surface area contributed by atoms with E-state index in [1.807, 2.05) is 0 Å². The molecular weight excluding hydrogens is 186 g/mol. The van der Waals surface area contributed by atoms with Crippen LogP contribution in [0.15, 0.2) is 0 Å². The van der Waals surface area contributed by atoms with Crippen molar-refractivity contribution in [2.45, 2.75) is 59.1 Å². The Balaban J connectivity index is 2.30. The van der Waals surface area contributed by atoms with Crippen LogP contribution < -0.4 is 0 Å². The van der Waals surface area contributed by atoms with Gasteiger partial charge in [0.05, 0.1) is 6.10 Å². The van der Waals surface area contributed by atoms with Gasteiger partial charge >= 0.3 is 0 Å². The second kappa shape index (κ2) is 5.86. The first-order chi connectivity index (χ1) is 7.04. The Hall–Kier alpha value is -0.0800. The lowest BCUT2D eigenvalue weighted by atomic mass is 9.89. The van der Waals surface area contributed by atoms with E-state index in [9.17, 15) is 5.11 Å². The summed E-state index contributed by atoms with van der Waals surface area (Å²) in [5.41, 5.74) is 0. The molecule has 0 aromatic rings. The van der Waals surface area contributed by atoms with Crippen molar-refractivity contribution in [3.63, 3.8) is 0 Å². The average Bonchev–Trinajstić information content (AvgIpc) is 2.13. The maximum atomic E-state index is 9.32. The van der Waals surface area contributed by atoms with Crippen molar-refractivity contribution in [2.75, 3.05) is 13.1 Å². The van der Waals surface area contributed by atoms with E-state index in [-0.39, 0.29) is 6.10 Å². The maximum absolute atomic E-state index is 9.32. The van der Waals surface area contributed by atoms with E-state index < -0.39 is 0 Å². The topological polar surface area (TPSA) is 23.5 Å². The van der Waals surface area contributed by atoms with Crippen LogP contribution in [0.3, 0.4) is 0 Å². The van der Waals surface area contributed by atoms with Gasteiger partial charge in [0.25, 0.3) is 0 Å². The maximum Gasteiger partial charge on any atom is 0.0794 e. The average molecular weight is 213 g/mol. The first-order valence-electron chi connectivity index (χ1n) is 6.46. The van der Waals surface area contributed by atoms with Crippen LogP contribution in [0.2, 0.25) is 0 Å². The van der Waals surface area contributed by atoms with Crippen LogP contribution in [-0.2, 0) is 0 Å². The molecule has 2 atom stereocenters. The summed E-state index contributed by atoms with van der Waals surface area (Å²) < 4.78 is 0. The summed E-state index contributed by atoms with van der Waals surface area (Å²) >= 11 is 0. The van der Waals surface area contributed by atoms with Gasteiger partial charge in [-0.1, -0.05) is 34.1 Å². The highest BCUT2D eigenvalue weighted by atomic mass is 16.3. The number of aliphatic hydroxyl groups excluding tert-OH is 1. The number of likely N-dealkylation sites (tertiary alicyclic amines) is 1. The van der Waals surface area contributed by atoms with Gasteiger partial charge in [-0.2, -0.15) is 0 Å². The number of hydrogen-bond donors (Lipinski definition) is 1. The Morgan fingerprint density at radius 3 is 2.20 bits per heavy atom. The minimum Gasteiger partial charge on any atom is -0.390 e. The van der Waals surface area contributed by atoms with E-state index >= 15 is 0 Å². The predicted molar refractivity (Wildman–Crippen MR) is 64.9 cm³/mol. The van der Waals surface area contributed by atoms with Gasteiger partial charge < -0.3 is 5.11 Å². The van der Waals surface area contributed by atoms with Crippen molar-refractivity contribution < 1.29 is 5.11 Å². The molecule has 0 spiro atoms. The summed E-state index contributed by atoms with van der Waals surface area (Å²) in [6, 6.07) is 0.687. The normalized spacial score (nSPS) is 22.8. The van der Waals surface area contributed by atoms with Crippen molar-refractivity contribution in [3.8, 4) is 0 Å². The van der Waals surface area contributed by atoms with E-state index in [2.05, 4.69) is 32.6 Å². The summed E-state index contributed by atoms with van der Waals surface area (Å²) in [4.78, 5) is 2.44. The number of nitrogens with zero attached hydrogens (tertiary/aromatic N) is 1. The highest BCUT2D eigenvalue weighted by Crippen LogP contribution is 2.25. The molecule has 1 heterocycles. The van der Waals surface area contributed by atoms with Crippen molar-refractivity contribution in [3.05, 3.63) is 0 Å². The highest BCUT2D eigenvalue weighted by Gasteiger charge is 2.32. The van der Waals surface area contributed by atoms with Crippen LogP contribution in [0.1, 0.15) is 47.0 Å². The van der Waals surface area contributed by atoms with Crippen molar-refractivity contribution in [2.24, 2.45) is 11.8 Å². The van der Waals surface area contributed by atoms with Crippen LogP contribution in [0.4, 0.5) is 0 Å². The molecule has 0 aromatic carbocycles. The van der Waals surface area contributed by atoms with Gasteiger partial charge in [0.15, 0.2) is 0 Å². The minimum absolute atomic E-state index is 0.0589. The molecule has 2 nitrogen and oxygen atoms in total. The lowest BCUT2D eigenvalue weighted by molar-refractivity contribution is -0.0401. The fourth-order valence-electron chi connectivity index (χ4n) is 2.57. The SMILES string of the molecule is CCC(C(C)CCC(C)C)N1CC(O)C1. The lowest BCUT2D eigenvalue weighted by Gasteiger charge is -2.44. The standard InChI is InChI=1S/C13H27NO/c1-5-13(14-8-12(15)9-14)11(4)7-6-10(2)3/h10-13,15H,5-9H2,1-4H3. The van der Waals surface area contributed by atoms with Crippen molar-refractivity contribution in [1.82, 2.24) is 4.90 Å². The molecule has 1 N–H and O–H groups in total. The van der Waals surface area contributed by atoms with E-state index in [1.165, 1.54) is 19.3 Å². The summed E-state index contributed by atoms with van der Waals surface area (Å²) in [7, 11) is 0. The van der Waals surface area contributed by atoms with Gasteiger partial charge in [0, 0.05) is 19.1 Å². The Labute approximate surface area is 94.7 Å². The molecule has 2 unspecified atom stereocenters. The van der Waals surface area contributed by atoms with Crippen LogP contribution in [0, 0.1) is 11.8 Å². The fraction of sp³-hybridized carbons (Fsp3) is 1.00. The van der Waals surface area contributed by atoms with Gasteiger partial charge in [0.2, 0.25) is 0 Å². The lowest BCUT2D eigenvalue weighted by Crippen LogP contribution is -2.56. The Bertz CT molecular complexity index is 175. The molecule has 0 saturated carbocycles. The van der Waals surface area contributed by atoms with E-state index in [0.717, 1.165) is 24.9 Å². The number of β-amino-alcohol motifs (C(OH)–C–C–N with tert-alkyl or cyclic N) is 1. The second-order valence-corrected chi connectivity index (χ2v) is 5.53. The van der Waals surface area contributed by atoms with Crippen molar-refractivity contribution in [1.29, 1.82) is 0 Å². The molecule has 90 valence electrons. The molecule has 1 aliphatic heterocycles. The zero-order valence-corrected chi connectivity index (χ0v) is 10.7. The third kappa shape index (κ3) is 3.76. The Morgan fingerprint density at radius 1 is 1.20 bits per heavy atom. The quantitative estimate of drug-likeness (QED) is 0.733. The third-order valence-electron chi connectivity index (χ3n) is 3.63. The highest BCUT2D eigenvalue weighted by molar-refractivity contribution is 4.86. The summed E-state index contributed by atoms with van der Waals surface area (Å²) in [5.74, 6) is 1.58. The van der Waals surface area contributed by atoms with Crippen LogP contribution >= 0.6 is 0 Å². The summed E-state index contributed by atoms with van der Waals surface area (Å²) in [6.45, 7) is 11.0. The number of rotatable bonds is 6. The Kier molecular flexibility index (Phi) is 5.07. The molecule has 15 heavy (non-hydrogen) atoms. The van der Waals surface area contributed by atoms with Crippen LogP contribution in [-0.4, -0.2) is 35.2 Å². The molecule has 2 heteroatoms. The molecule has 1 aliphatic rings. The Morgan fingerprint density at radius 2 is 1.80 bits per heavy atom. The summed E-state index contributed by atoms with van der Waals surface area (Å²) in [6.07, 6.45) is 3.80. The molecule has 0 aromatic heterocycles. The van der Waals surface area contributed by atoms with Gasteiger partial charge in [-0.05, 0) is 24.7 Å². The molecule has 1 rings (SSSR count). The van der Waals surface area contributed by atoms with E-state index in [4.69, 9.17) is 0 Å². The third-order valence-corrected chi connectivity index (χ3v) is 3.63. The van der Waals surface area contributed by atoms with Crippen LogP contribution in [0.25, 0.3) is 0 Å². The molecule has 0 aliphatic carbocycles. The zero-order chi connectivity index (χ0) is 11.4. The van der Waals surface area contributed by atoms with E-state index in [1.54, 1.807) is 0 Å². The molecule has 1 saturated heterocycles. The molecule has 1 fully saturated rings. The predicted octanol–water partition coefficient (Wildman–Crippen LogP) is 2.51. The van der Waals surface area contributed by atoms with Crippen LogP contribution in [0.5, 0.6) is 0 Å². The molecular formula is C13H27NO. The molecule has 0 bridgehead atoms. The monoisotopic (exact) mass is 213 g/mol. The zero-order valence-electron chi connectivity index (χ0n) is 10.7.